The molecule has 1 aliphatic heterocycles. The minimum atomic E-state index is -0.435. The number of benzene rings is 1. The van der Waals surface area contributed by atoms with Gasteiger partial charge in [0.15, 0.2) is 0 Å². The molecule has 2 heterocycles. The highest BCUT2D eigenvalue weighted by atomic mass is 16.6. The average molecular weight is 329 g/mol. The standard InChI is InChI=1S/C19H27N3O2/c1-19(2,3)24-18(23)21-10-7-14(8-11-21)13-22-12-9-15-5-4-6-16(20)17(15)22/h4-6,9,12,14H,7-8,10-11,13,20H2,1-3H3. The van der Waals surface area contributed by atoms with Crippen molar-refractivity contribution in [3.63, 3.8) is 0 Å². The zero-order valence-corrected chi connectivity index (χ0v) is 14.8. The highest BCUT2D eigenvalue weighted by Gasteiger charge is 2.27. The quantitative estimate of drug-likeness (QED) is 0.851. The van der Waals surface area contributed by atoms with Gasteiger partial charge in [-0.1, -0.05) is 12.1 Å². The van der Waals surface area contributed by atoms with Crippen LogP contribution in [0.25, 0.3) is 10.9 Å². The van der Waals surface area contributed by atoms with Crippen molar-refractivity contribution < 1.29 is 9.53 Å². The topological polar surface area (TPSA) is 60.5 Å². The second-order valence-corrected chi connectivity index (χ2v) is 7.66. The number of ether oxygens (including phenoxy) is 1. The lowest BCUT2D eigenvalue weighted by Gasteiger charge is -2.33. The summed E-state index contributed by atoms with van der Waals surface area (Å²) in [5.41, 5.74) is 7.64. The molecule has 1 saturated heterocycles. The van der Waals surface area contributed by atoms with E-state index in [1.165, 1.54) is 5.39 Å². The summed E-state index contributed by atoms with van der Waals surface area (Å²) in [6, 6.07) is 8.14. The molecule has 1 fully saturated rings. The van der Waals surface area contributed by atoms with E-state index in [0.29, 0.717) is 5.92 Å². The Balaban J connectivity index is 1.60. The summed E-state index contributed by atoms with van der Waals surface area (Å²) in [6.45, 7) is 8.17. The van der Waals surface area contributed by atoms with Gasteiger partial charge in [0.25, 0.3) is 0 Å². The molecule has 1 aromatic heterocycles. The minimum absolute atomic E-state index is 0.198. The van der Waals surface area contributed by atoms with Gasteiger partial charge in [0.1, 0.15) is 5.60 Å². The van der Waals surface area contributed by atoms with Crippen LogP contribution in [0.3, 0.4) is 0 Å². The molecule has 2 aromatic rings. The minimum Gasteiger partial charge on any atom is -0.444 e. The van der Waals surface area contributed by atoms with Crippen LogP contribution in [-0.2, 0) is 11.3 Å². The van der Waals surface area contributed by atoms with Crippen LogP contribution in [0, 0.1) is 5.92 Å². The summed E-state index contributed by atoms with van der Waals surface area (Å²) in [7, 11) is 0. The fraction of sp³-hybridized carbons (Fsp3) is 0.526. The van der Waals surface area contributed by atoms with Gasteiger partial charge in [0.05, 0.1) is 11.2 Å². The Bertz CT molecular complexity index is 722. The molecule has 5 heteroatoms. The molecule has 0 atom stereocenters. The number of aromatic nitrogens is 1. The number of likely N-dealkylation sites (tertiary alicyclic amines) is 1. The Morgan fingerprint density at radius 2 is 1.96 bits per heavy atom. The number of nitrogen functional groups attached to an aromatic ring is 1. The van der Waals surface area contributed by atoms with E-state index < -0.39 is 5.60 Å². The number of amides is 1. The van der Waals surface area contributed by atoms with Gasteiger partial charge < -0.3 is 19.9 Å². The molecule has 0 aliphatic carbocycles. The van der Waals surface area contributed by atoms with Crippen LogP contribution in [0.4, 0.5) is 10.5 Å². The Kier molecular flexibility index (Phi) is 4.43. The number of piperidine rings is 1. The first-order valence-corrected chi connectivity index (χ1v) is 8.65. The van der Waals surface area contributed by atoms with Crippen LogP contribution in [0.1, 0.15) is 33.6 Å². The number of carbonyl (C=O) groups is 1. The summed E-state index contributed by atoms with van der Waals surface area (Å²) in [5.74, 6) is 0.555. The first-order chi connectivity index (χ1) is 11.3. The molecule has 2 N–H and O–H groups in total. The van der Waals surface area contributed by atoms with E-state index in [-0.39, 0.29) is 6.09 Å². The number of fused-ring (bicyclic) bond motifs is 1. The molecule has 0 radical (unpaired) electrons. The van der Waals surface area contributed by atoms with Crippen molar-refractivity contribution in [3.05, 3.63) is 30.5 Å². The lowest BCUT2D eigenvalue weighted by atomic mass is 9.97. The molecule has 0 bridgehead atoms. The van der Waals surface area contributed by atoms with E-state index >= 15 is 0 Å². The van der Waals surface area contributed by atoms with E-state index in [9.17, 15) is 4.79 Å². The van der Waals surface area contributed by atoms with Gasteiger partial charge in [-0.2, -0.15) is 0 Å². The molecule has 1 aromatic carbocycles. The molecule has 0 saturated carbocycles. The second-order valence-electron chi connectivity index (χ2n) is 7.66. The third kappa shape index (κ3) is 3.66. The number of rotatable bonds is 2. The molecule has 1 aliphatic rings. The van der Waals surface area contributed by atoms with E-state index in [0.717, 1.165) is 43.7 Å². The molecular formula is C19H27N3O2. The molecule has 0 spiro atoms. The maximum Gasteiger partial charge on any atom is 0.410 e. The van der Waals surface area contributed by atoms with Crippen molar-refractivity contribution in [2.45, 2.75) is 45.8 Å². The zero-order valence-electron chi connectivity index (χ0n) is 14.8. The molecule has 0 unspecified atom stereocenters. The molecular weight excluding hydrogens is 302 g/mol. The lowest BCUT2D eigenvalue weighted by molar-refractivity contribution is 0.0178. The van der Waals surface area contributed by atoms with Crippen LogP contribution in [0.2, 0.25) is 0 Å². The fourth-order valence-electron chi connectivity index (χ4n) is 3.35. The Labute approximate surface area is 143 Å². The molecule has 1 amide bonds. The van der Waals surface area contributed by atoms with Gasteiger partial charge >= 0.3 is 6.09 Å². The SMILES string of the molecule is CC(C)(C)OC(=O)N1CCC(Cn2ccc3cccc(N)c32)CC1. The Morgan fingerprint density at radius 1 is 1.25 bits per heavy atom. The predicted octanol–water partition coefficient (Wildman–Crippen LogP) is 3.87. The van der Waals surface area contributed by atoms with Gasteiger partial charge in [-0.15, -0.1) is 0 Å². The van der Waals surface area contributed by atoms with Crippen molar-refractivity contribution >= 4 is 22.7 Å². The van der Waals surface area contributed by atoms with Crippen LogP contribution in [0.5, 0.6) is 0 Å². The van der Waals surface area contributed by atoms with E-state index in [4.69, 9.17) is 10.5 Å². The van der Waals surface area contributed by atoms with Crippen LogP contribution in [0.15, 0.2) is 30.5 Å². The van der Waals surface area contributed by atoms with Crippen LogP contribution in [-0.4, -0.2) is 34.3 Å². The number of para-hydroxylation sites is 1. The van der Waals surface area contributed by atoms with Crippen molar-refractivity contribution in [1.29, 1.82) is 0 Å². The van der Waals surface area contributed by atoms with Crippen molar-refractivity contribution in [1.82, 2.24) is 9.47 Å². The second kappa shape index (κ2) is 6.38. The summed E-state index contributed by atoms with van der Waals surface area (Å²) >= 11 is 0. The van der Waals surface area contributed by atoms with Crippen LogP contribution < -0.4 is 5.73 Å². The largest absolute Gasteiger partial charge is 0.444 e. The van der Waals surface area contributed by atoms with E-state index in [1.54, 1.807) is 0 Å². The number of anilines is 1. The summed E-state index contributed by atoms with van der Waals surface area (Å²) < 4.78 is 7.71. The van der Waals surface area contributed by atoms with Gasteiger partial charge in [-0.05, 0) is 51.7 Å². The van der Waals surface area contributed by atoms with Crippen molar-refractivity contribution in [2.75, 3.05) is 18.8 Å². The van der Waals surface area contributed by atoms with Gasteiger partial charge in [-0.3, -0.25) is 0 Å². The maximum atomic E-state index is 12.1. The highest BCUT2D eigenvalue weighted by molar-refractivity contribution is 5.90. The van der Waals surface area contributed by atoms with E-state index in [2.05, 4.69) is 22.9 Å². The smallest absolute Gasteiger partial charge is 0.410 e. The predicted molar refractivity (Wildman–Crippen MR) is 96.9 cm³/mol. The molecule has 24 heavy (non-hydrogen) atoms. The third-order valence-corrected chi connectivity index (χ3v) is 4.54. The van der Waals surface area contributed by atoms with E-state index in [1.807, 2.05) is 37.8 Å². The van der Waals surface area contributed by atoms with Crippen molar-refractivity contribution in [3.8, 4) is 0 Å². The average Bonchev–Trinajstić information content (AvgIpc) is 2.91. The Hall–Kier alpha value is -2.17. The number of hydrogen-bond acceptors (Lipinski definition) is 3. The third-order valence-electron chi connectivity index (χ3n) is 4.54. The first kappa shape index (κ1) is 16.7. The summed E-state index contributed by atoms with van der Waals surface area (Å²) in [6.07, 6.45) is 3.90. The van der Waals surface area contributed by atoms with Crippen LogP contribution >= 0.6 is 0 Å². The summed E-state index contributed by atoms with van der Waals surface area (Å²) in [4.78, 5) is 14.0. The molecule has 3 rings (SSSR count). The normalized spacial score (nSPS) is 16.5. The lowest BCUT2D eigenvalue weighted by Crippen LogP contribution is -2.42. The number of nitrogens with two attached hydrogens (primary N) is 1. The Morgan fingerprint density at radius 3 is 2.62 bits per heavy atom. The van der Waals surface area contributed by atoms with Gasteiger partial charge in [-0.25, -0.2) is 4.79 Å². The molecule has 130 valence electrons. The summed E-state index contributed by atoms with van der Waals surface area (Å²) in [5, 5.41) is 1.18. The van der Waals surface area contributed by atoms with Gasteiger partial charge in [0, 0.05) is 31.2 Å². The maximum absolute atomic E-state index is 12.1. The van der Waals surface area contributed by atoms with Crippen molar-refractivity contribution in [2.24, 2.45) is 5.92 Å². The highest BCUT2D eigenvalue weighted by Crippen LogP contribution is 2.26. The number of nitrogens with zero attached hydrogens (tertiary/aromatic N) is 2. The first-order valence-electron chi connectivity index (χ1n) is 8.65. The fourth-order valence-corrected chi connectivity index (χ4v) is 3.35. The molecule has 5 nitrogen and oxygen atoms in total. The zero-order chi connectivity index (χ0) is 17.3. The monoisotopic (exact) mass is 329 g/mol. The number of hydrogen-bond donors (Lipinski definition) is 1. The van der Waals surface area contributed by atoms with Gasteiger partial charge in [0.2, 0.25) is 0 Å². The number of carbonyl (C=O) groups excluding carboxylic acids is 1.